The first-order valence-corrected chi connectivity index (χ1v) is 7.97. The number of nitrogens with one attached hydrogen (secondary N) is 2. The van der Waals surface area contributed by atoms with E-state index >= 15 is 0 Å². The highest BCUT2D eigenvalue weighted by Crippen LogP contribution is 2.27. The van der Waals surface area contributed by atoms with Gasteiger partial charge >= 0.3 is 0 Å². The molecular formula is C18H23IN4O2. The Hall–Kier alpha value is -2.03. The molecule has 2 heterocycles. The van der Waals surface area contributed by atoms with Crippen LogP contribution in [-0.2, 0) is 13.0 Å². The molecule has 6 nitrogen and oxygen atoms in total. The van der Waals surface area contributed by atoms with Crippen LogP contribution in [0.3, 0.4) is 0 Å². The van der Waals surface area contributed by atoms with Gasteiger partial charge in [-0.1, -0.05) is 24.3 Å². The smallest absolute Gasteiger partial charge is 0.213 e. The van der Waals surface area contributed by atoms with Gasteiger partial charge < -0.3 is 20.1 Å². The molecule has 0 spiro atoms. The summed E-state index contributed by atoms with van der Waals surface area (Å²) in [6, 6.07) is 13.8. The van der Waals surface area contributed by atoms with Gasteiger partial charge in [-0.3, -0.25) is 4.99 Å². The summed E-state index contributed by atoms with van der Waals surface area (Å²) in [5.74, 6) is 2.31. The van der Waals surface area contributed by atoms with E-state index in [4.69, 9.17) is 9.47 Å². The van der Waals surface area contributed by atoms with Crippen LogP contribution in [0.2, 0.25) is 0 Å². The van der Waals surface area contributed by atoms with E-state index in [-0.39, 0.29) is 30.1 Å². The first-order chi connectivity index (χ1) is 11.8. The molecule has 3 rings (SSSR count). The fraction of sp³-hybridized carbons (Fsp3) is 0.333. The molecule has 134 valence electrons. The number of nitrogens with zero attached hydrogens (tertiary/aromatic N) is 2. The second-order valence-electron chi connectivity index (χ2n) is 5.53. The summed E-state index contributed by atoms with van der Waals surface area (Å²) in [5.41, 5.74) is 2.15. The van der Waals surface area contributed by atoms with E-state index in [1.165, 1.54) is 5.56 Å². The number of guanidine groups is 1. The van der Waals surface area contributed by atoms with E-state index < -0.39 is 0 Å². The summed E-state index contributed by atoms with van der Waals surface area (Å²) < 4.78 is 11.1. The van der Waals surface area contributed by atoms with Crippen molar-refractivity contribution in [3.05, 3.63) is 53.7 Å². The van der Waals surface area contributed by atoms with Crippen LogP contribution >= 0.6 is 24.0 Å². The summed E-state index contributed by atoms with van der Waals surface area (Å²) in [6.45, 7) is 1.27. The van der Waals surface area contributed by atoms with Crippen LogP contribution in [0.5, 0.6) is 11.6 Å². The molecule has 25 heavy (non-hydrogen) atoms. The van der Waals surface area contributed by atoms with Gasteiger partial charge in [-0.25, -0.2) is 4.98 Å². The molecule has 1 aromatic heterocycles. The summed E-state index contributed by atoms with van der Waals surface area (Å²) in [7, 11) is 3.36. The minimum Gasteiger partial charge on any atom is -0.488 e. The highest BCUT2D eigenvalue weighted by Gasteiger charge is 2.22. The number of hydrogen-bond acceptors (Lipinski definition) is 4. The maximum Gasteiger partial charge on any atom is 0.213 e. The third-order valence-electron chi connectivity index (χ3n) is 3.86. The van der Waals surface area contributed by atoms with Crippen LogP contribution in [0.1, 0.15) is 11.3 Å². The number of aliphatic imine (C=N–C) groups is 1. The lowest BCUT2D eigenvalue weighted by Crippen LogP contribution is -2.42. The molecule has 0 fully saturated rings. The maximum atomic E-state index is 5.92. The quantitative estimate of drug-likeness (QED) is 0.413. The van der Waals surface area contributed by atoms with Crippen LogP contribution in [0, 0.1) is 0 Å². The first kappa shape index (κ1) is 19.3. The van der Waals surface area contributed by atoms with Gasteiger partial charge in [0.05, 0.1) is 25.9 Å². The van der Waals surface area contributed by atoms with Crippen LogP contribution in [0.4, 0.5) is 0 Å². The third-order valence-corrected chi connectivity index (χ3v) is 3.86. The summed E-state index contributed by atoms with van der Waals surface area (Å²) in [6.07, 6.45) is 1.04. The molecule has 1 atom stereocenters. The van der Waals surface area contributed by atoms with E-state index in [2.05, 4.69) is 26.7 Å². The topological polar surface area (TPSA) is 67.8 Å². The Balaban J connectivity index is 0.00000225. The van der Waals surface area contributed by atoms with E-state index in [1.807, 2.05) is 36.4 Å². The van der Waals surface area contributed by atoms with Gasteiger partial charge in [-0.05, 0) is 17.7 Å². The maximum absolute atomic E-state index is 5.92. The van der Waals surface area contributed by atoms with Gasteiger partial charge in [0, 0.05) is 19.5 Å². The molecule has 1 unspecified atom stereocenters. The standard InChI is InChI=1S/C18H22N4O2.HI/c1-19-18(20-11-14-7-5-9-17(22-14)23-2)21-12-15-10-13-6-3-4-8-16(13)24-15;/h3-9,15H,10-12H2,1-2H3,(H2,19,20,21);1H. The van der Waals surface area contributed by atoms with Gasteiger partial charge in [-0.15, -0.1) is 24.0 Å². The third kappa shape index (κ3) is 5.22. The lowest BCUT2D eigenvalue weighted by molar-refractivity contribution is 0.235. The molecule has 1 aromatic carbocycles. The molecule has 0 aliphatic carbocycles. The van der Waals surface area contributed by atoms with E-state index in [0.29, 0.717) is 19.0 Å². The minimum absolute atomic E-state index is 0. The van der Waals surface area contributed by atoms with Crippen molar-refractivity contribution in [2.24, 2.45) is 4.99 Å². The fourth-order valence-corrected chi connectivity index (χ4v) is 2.64. The van der Waals surface area contributed by atoms with E-state index in [9.17, 15) is 0 Å². The van der Waals surface area contributed by atoms with Crippen molar-refractivity contribution in [2.45, 2.75) is 19.1 Å². The van der Waals surface area contributed by atoms with Crippen molar-refractivity contribution in [1.29, 1.82) is 0 Å². The zero-order chi connectivity index (χ0) is 16.8. The summed E-state index contributed by atoms with van der Waals surface area (Å²) in [4.78, 5) is 8.61. The van der Waals surface area contributed by atoms with E-state index in [0.717, 1.165) is 23.8 Å². The van der Waals surface area contributed by atoms with Crippen molar-refractivity contribution in [1.82, 2.24) is 15.6 Å². The number of halogens is 1. The molecule has 0 radical (unpaired) electrons. The number of aromatic nitrogens is 1. The number of methoxy groups -OCH3 is 1. The van der Waals surface area contributed by atoms with Gasteiger partial charge in [0.1, 0.15) is 11.9 Å². The van der Waals surface area contributed by atoms with E-state index in [1.54, 1.807) is 14.2 Å². The first-order valence-electron chi connectivity index (χ1n) is 7.97. The normalized spacial score (nSPS) is 15.6. The summed E-state index contributed by atoms with van der Waals surface area (Å²) >= 11 is 0. The molecule has 0 saturated carbocycles. The van der Waals surface area contributed by atoms with Crippen LogP contribution < -0.4 is 20.1 Å². The monoisotopic (exact) mass is 454 g/mol. The van der Waals surface area contributed by atoms with Crippen LogP contribution in [0.25, 0.3) is 0 Å². The van der Waals surface area contributed by atoms with Crippen molar-refractivity contribution in [3.8, 4) is 11.6 Å². The number of hydrogen-bond donors (Lipinski definition) is 2. The van der Waals surface area contributed by atoms with Gasteiger partial charge in [0.15, 0.2) is 5.96 Å². The zero-order valence-electron chi connectivity index (χ0n) is 14.4. The predicted octanol–water partition coefficient (Wildman–Crippen LogP) is 2.38. The van der Waals surface area contributed by atoms with Gasteiger partial charge in [-0.2, -0.15) is 0 Å². The molecule has 7 heteroatoms. The largest absolute Gasteiger partial charge is 0.488 e. The second-order valence-corrected chi connectivity index (χ2v) is 5.53. The molecule has 1 aliphatic rings. The number of benzene rings is 1. The summed E-state index contributed by atoms with van der Waals surface area (Å²) in [5, 5.41) is 6.55. The zero-order valence-corrected chi connectivity index (χ0v) is 16.7. The lowest BCUT2D eigenvalue weighted by atomic mass is 10.1. The molecule has 2 aromatic rings. The fourth-order valence-electron chi connectivity index (χ4n) is 2.64. The SMILES string of the molecule is CN=C(NCc1cccc(OC)n1)NCC1Cc2ccccc2O1.I. The number of pyridine rings is 1. The number of para-hydroxylation sites is 1. The molecule has 0 bridgehead atoms. The number of fused-ring (bicyclic) bond motifs is 1. The Morgan fingerprint density at radius 1 is 1.24 bits per heavy atom. The van der Waals surface area contributed by atoms with Crippen LogP contribution in [-0.4, -0.2) is 37.7 Å². The number of ether oxygens (including phenoxy) is 2. The van der Waals surface area contributed by atoms with Gasteiger partial charge in [0.2, 0.25) is 5.88 Å². The molecule has 0 saturated heterocycles. The second kappa shape index (κ2) is 9.45. The van der Waals surface area contributed by atoms with Crippen LogP contribution in [0.15, 0.2) is 47.5 Å². The Morgan fingerprint density at radius 2 is 2.08 bits per heavy atom. The lowest BCUT2D eigenvalue weighted by Gasteiger charge is -2.15. The van der Waals surface area contributed by atoms with Gasteiger partial charge in [0.25, 0.3) is 0 Å². The Morgan fingerprint density at radius 3 is 2.84 bits per heavy atom. The average Bonchev–Trinajstić information content (AvgIpc) is 3.05. The van der Waals surface area contributed by atoms with Crippen molar-refractivity contribution in [2.75, 3.05) is 20.7 Å². The molecule has 2 N–H and O–H groups in total. The predicted molar refractivity (Wildman–Crippen MR) is 109 cm³/mol. The Labute approximate surface area is 165 Å². The molecule has 0 amide bonds. The van der Waals surface area contributed by atoms with Crippen molar-refractivity contribution < 1.29 is 9.47 Å². The highest BCUT2D eigenvalue weighted by molar-refractivity contribution is 14.0. The molecule has 1 aliphatic heterocycles. The number of rotatable bonds is 5. The van der Waals surface area contributed by atoms with Crippen molar-refractivity contribution >= 4 is 29.9 Å². The Kier molecular flexibility index (Phi) is 7.30. The Bertz CT molecular complexity index is 699. The molecular weight excluding hydrogens is 431 g/mol. The minimum atomic E-state index is 0. The van der Waals surface area contributed by atoms with Crippen molar-refractivity contribution in [3.63, 3.8) is 0 Å². The average molecular weight is 454 g/mol. The highest BCUT2D eigenvalue weighted by atomic mass is 127.